The van der Waals surface area contributed by atoms with E-state index in [2.05, 4.69) is 5.16 Å². The second kappa shape index (κ2) is 5.09. The Morgan fingerprint density at radius 1 is 1.20 bits per heavy atom. The normalized spacial score (nSPS) is 10.9. The van der Waals surface area contributed by atoms with Gasteiger partial charge >= 0.3 is 0 Å². The highest BCUT2D eigenvalue weighted by molar-refractivity contribution is 7.19. The van der Waals surface area contributed by atoms with Gasteiger partial charge in [-0.1, -0.05) is 40.5 Å². The van der Waals surface area contributed by atoms with E-state index < -0.39 is 5.82 Å². The third-order valence-electron chi connectivity index (χ3n) is 2.74. The van der Waals surface area contributed by atoms with Crippen LogP contribution in [0.1, 0.15) is 0 Å². The van der Waals surface area contributed by atoms with Crippen molar-refractivity contribution in [2.24, 2.45) is 0 Å². The number of nitrogen functional groups attached to an aromatic ring is 1. The number of hydrogen-bond donors (Lipinski definition) is 1. The molecule has 0 spiro atoms. The van der Waals surface area contributed by atoms with E-state index >= 15 is 0 Å². The molecule has 0 radical (unpaired) electrons. The summed E-state index contributed by atoms with van der Waals surface area (Å²) in [6.07, 6.45) is 0. The molecule has 3 nitrogen and oxygen atoms in total. The Labute approximate surface area is 127 Å². The third-order valence-corrected chi connectivity index (χ3v) is 4.26. The Kier molecular flexibility index (Phi) is 3.41. The lowest BCUT2D eigenvalue weighted by molar-refractivity contribution is 0.437. The van der Waals surface area contributed by atoms with Crippen molar-refractivity contribution in [3.63, 3.8) is 0 Å². The summed E-state index contributed by atoms with van der Waals surface area (Å²) in [7, 11) is 0. The summed E-state index contributed by atoms with van der Waals surface area (Å²) in [5.74, 6) is -0.0841. The van der Waals surface area contributed by atoms with Crippen molar-refractivity contribution >= 4 is 40.4 Å². The molecule has 0 aliphatic rings. The number of nitrogens with zero attached hydrogens (tertiary/aromatic N) is 1. The Balaban J connectivity index is 2.24. The molecule has 0 aliphatic heterocycles. The minimum absolute atomic E-state index is 0.0123. The second-order valence-electron chi connectivity index (χ2n) is 3.98. The van der Waals surface area contributed by atoms with Crippen molar-refractivity contribution in [2.75, 3.05) is 5.73 Å². The first-order valence-corrected chi connectivity index (χ1v) is 7.10. The molecule has 2 aromatic heterocycles. The van der Waals surface area contributed by atoms with Crippen LogP contribution in [0.5, 0.6) is 0 Å². The molecule has 3 rings (SSSR count). The fourth-order valence-electron chi connectivity index (χ4n) is 1.86. The molecule has 2 heterocycles. The van der Waals surface area contributed by atoms with Crippen LogP contribution in [0.25, 0.3) is 21.8 Å². The van der Waals surface area contributed by atoms with Gasteiger partial charge in [0, 0.05) is 5.56 Å². The van der Waals surface area contributed by atoms with Gasteiger partial charge in [0.25, 0.3) is 0 Å². The number of rotatable bonds is 2. The summed E-state index contributed by atoms with van der Waals surface area (Å²) in [5, 5.41) is 3.72. The predicted octanol–water partition coefficient (Wildman–Crippen LogP) is 5.10. The molecule has 0 atom stereocenters. The molecule has 0 amide bonds. The lowest BCUT2D eigenvalue weighted by atomic mass is 10.0. The Morgan fingerprint density at radius 2 is 2.00 bits per heavy atom. The highest BCUT2D eigenvalue weighted by atomic mass is 35.5. The van der Waals surface area contributed by atoms with Crippen molar-refractivity contribution in [3.8, 4) is 21.8 Å². The molecule has 0 saturated heterocycles. The largest absolute Gasteiger partial charge is 0.380 e. The number of benzene rings is 1. The van der Waals surface area contributed by atoms with Crippen molar-refractivity contribution in [3.05, 3.63) is 45.5 Å². The van der Waals surface area contributed by atoms with Crippen LogP contribution in [-0.4, -0.2) is 5.16 Å². The van der Waals surface area contributed by atoms with Crippen LogP contribution < -0.4 is 5.73 Å². The van der Waals surface area contributed by atoms with E-state index in [1.54, 1.807) is 24.3 Å². The fraction of sp³-hybridized carbons (Fsp3) is 0. The number of hydrogen-bond acceptors (Lipinski definition) is 4. The van der Waals surface area contributed by atoms with E-state index in [-0.39, 0.29) is 16.4 Å². The first kappa shape index (κ1) is 13.4. The molecule has 102 valence electrons. The number of nitrogens with two attached hydrogens (primary N) is 1. The summed E-state index contributed by atoms with van der Waals surface area (Å²) >= 11 is 13.0. The molecule has 2 N–H and O–H groups in total. The van der Waals surface area contributed by atoms with E-state index in [9.17, 15) is 4.39 Å². The molecule has 0 bridgehead atoms. The Bertz CT molecular complexity index is 785. The monoisotopic (exact) mass is 328 g/mol. The Hall–Kier alpha value is -1.56. The van der Waals surface area contributed by atoms with Gasteiger partial charge in [-0.3, -0.25) is 0 Å². The van der Waals surface area contributed by atoms with Crippen LogP contribution in [-0.2, 0) is 0 Å². The fourth-order valence-corrected chi connectivity index (χ4v) is 3.07. The highest BCUT2D eigenvalue weighted by Gasteiger charge is 2.22. The maximum absolute atomic E-state index is 14.2. The van der Waals surface area contributed by atoms with Gasteiger partial charge in [-0.2, -0.15) is 0 Å². The summed E-state index contributed by atoms with van der Waals surface area (Å²) in [4.78, 5) is 0.716. The molecular formula is C13H7Cl2FN2OS. The minimum atomic E-state index is -0.562. The molecule has 0 unspecified atom stereocenters. The van der Waals surface area contributed by atoms with Gasteiger partial charge in [0.15, 0.2) is 11.6 Å². The van der Waals surface area contributed by atoms with Crippen LogP contribution in [0.15, 0.2) is 34.9 Å². The van der Waals surface area contributed by atoms with E-state index in [0.29, 0.717) is 20.5 Å². The summed E-state index contributed by atoms with van der Waals surface area (Å²) < 4.78 is 20.0. The Morgan fingerprint density at radius 3 is 2.70 bits per heavy atom. The first-order chi connectivity index (χ1) is 9.58. The van der Waals surface area contributed by atoms with Crippen LogP contribution in [0.3, 0.4) is 0 Å². The summed E-state index contributed by atoms with van der Waals surface area (Å²) in [6.45, 7) is 0. The van der Waals surface area contributed by atoms with Crippen molar-refractivity contribution in [2.45, 2.75) is 0 Å². The molecule has 0 saturated carbocycles. The summed E-state index contributed by atoms with van der Waals surface area (Å²) in [5.41, 5.74) is 6.42. The third kappa shape index (κ3) is 2.18. The zero-order valence-corrected chi connectivity index (χ0v) is 12.2. The number of halogens is 3. The number of thiophene rings is 1. The topological polar surface area (TPSA) is 52.0 Å². The molecule has 0 aliphatic carbocycles. The van der Waals surface area contributed by atoms with E-state index in [1.807, 2.05) is 0 Å². The quantitative estimate of drug-likeness (QED) is 0.712. The van der Waals surface area contributed by atoms with Crippen LogP contribution in [0.2, 0.25) is 9.36 Å². The summed E-state index contributed by atoms with van der Waals surface area (Å²) in [6, 6.07) is 8.16. The molecular weight excluding hydrogens is 322 g/mol. The van der Waals surface area contributed by atoms with Crippen LogP contribution >= 0.6 is 34.5 Å². The van der Waals surface area contributed by atoms with Gasteiger partial charge in [0.2, 0.25) is 0 Å². The lowest BCUT2D eigenvalue weighted by Gasteiger charge is -2.04. The van der Waals surface area contributed by atoms with Crippen molar-refractivity contribution in [1.29, 1.82) is 0 Å². The van der Waals surface area contributed by atoms with Gasteiger partial charge in [0.05, 0.1) is 19.8 Å². The van der Waals surface area contributed by atoms with Crippen LogP contribution in [0.4, 0.5) is 10.2 Å². The lowest BCUT2D eigenvalue weighted by Crippen LogP contribution is -1.91. The SMILES string of the molecule is Nc1noc(-c2ccc(Cl)s2)c1-c1cccc(Cl)c1F. The molecule has 7 heteroatoms. The van der Waals surface area contributed by atoms with E-state index in [4.69, 9.17) is 33.5 Å². The van der Waals surface area contributed by atoms with Crippen molar-refractivity contribution < 1.29 is 8.91 Å². The molecule has 0 fully saturated rings. The average molecular weight is 329 g/mol. The number of aromatic nitrogens is 1. The maximum atomic E-state index is 14.2. The van der Waals surface area contributed by atoms with Crippen molar-refractivity contribution in [1.82, 2.24) is 5.16 Å². The van der Waals surface area contributed by atoms with Gasteiger partial charge in [0.1, 0.15) is 5.82 Å². The number of anilines is 1. The smallest absolute Gasteiger partial charge is 0.187 e. The van der Waals surface area contributed by atoms with Gasteiger partial charge in [-0.25, -0.2) is 4.39 Å². The molecule has 3 aromatic rings. The standard InChI is InChI=1S/C13H7Cl2FN2OS/c14-7-3-1-2-6(11(7)16)10-12(19-18-13(10)17)8-4-5-9(15)20-8/h1-5H,(H2,17,18). The minimum Gasteiger partial charge on any atom is -0.380 e. The highest BCUT2D eigenvalue weighted by Crippen LogP contribution is 2.42. The van der Waals surface area contributed by atoms with E-state index in [1.165, 1.54) is 17.4 Å². The first-order valence-electron chi connectivity index (χ1n) is 5.53. The zero-order valence-electron chi connectivity index (χ0n) is 9.86. The molecule has 20 heavy (non-hydrogen) atoms. The zero-order chi connectivity index (χ0) is 14.3. The molecule has 1 aromatic carbocycles. The van der Waals surface area contributed by atoms with Gasteiger partial charge in [-0.15, -0.1) is 11.3 Å². The average Bonchev–Trinajstić information content (AvgIpc) is 2.99. The maximum Gasteiger partial charge on any atom is 0.187 e. The van der Waals surface area contributed by atoms with Gasteiger partial charge < -0.3 is 10.3 Å². The van der Waals surface area contributed by atoms with Crippen LogP contribution in [0, 0.1) is 5.82 Å². The van der Waals surface area contributed by atoms with Gasteiger partial charge in [-0.05, 0) is 18.2 Å². The van der Waals surface area contributed by atoms with E-state index in [0.717, 1.165) is 0 Å². The second-order valence-corrected chi connectivity index (χ2v) is 6.10. The predicted molar refractivity (Wildman–Crippen MR) is 79.6 cm³/mol.